The molecule has 1 atom stereocenters. The van der Waals surface area contributed by atoms with Crippen LogP contribution in [0.15, 0.2) is 59.0 Å². The predicted molar refractivity (Wildman–Crippen MR) is 127 cm³/mol. The van der Waals surface area contributed by atoms with Crippen LogP contribution < -0.4 is 5.32 Å². The highest BCUT2D eigenvalue weighted by atomic mass is 16.3. The standard InChI is InChI=1S/C27H28N2O2/c1-6-17(3)20-10-12-25-24(14-20)29-27(31-25)21-9-8-18(4)23(15-21)28-26(30)22-11-7-16(2)13-19(22)5/h7-15,17H,6H2,1-5H3,(H,28,30)/t17-/m0/s1. The number of carbonyl (C=O) groups is 1. The van der Waals surface area contributed by atoms with Crippen molar-refractivity contribution in [1.82, 2.24) is 4.98 Å². The van der Waals surface area contributed by atoms with E-state index in [1.165, 1.54) is 5.56 Å². The minimum absolute atomic E-state index is 0.117. The maximum atomic E-state index is 12.9. The van der Waals surface area contributed by atoms with Crippen molar-refractivity contribution in [2.75, 3.05) is 5.32 Å². The summed E-state index contributed by atoms with van der Waals surface area (Å²) in [4.78, 5) is 17.6. The molecule has 4 heteroatoms. The zero-order chi connectivity index (χ0) is 22.1. The highest BCUT2D eigenvalue weighted by Gasteiger charge is 2.14. The molecule has 4 nitrogen and oxygen atoms in total. The van der Waals surface area contributed by atoms with E-state index in [0.29, 0.717) is 17.4 Å². The van der Waals surface area contributed by atoms with E-state index < -0.39 is 0 Å². The van der Waals surface area contributed by atoms with Gasteiger partial charge in [-0.3, -0.25) is 4.79 Å². The Hall–Kier alpha value is -3.40. The third-order valence-electron chi connectivity index (χ3n) is 5.95. The number of carbonyl (C=O) groups excluding carboxylic acids is 1. The lowest BCUT2D eigenvalue weighted by atomic mass is 9.98. The van der Waals surface area contributed by atoms with Gasteiger partial charge < -0.3 is 9.73 Å². The van der Waals surface area contributed by atoms with Gasteiger partial charge in [-0.25, -0.2) is 4.98 Å². The number of nitrogens with zero attached hydrogens (tertiary/aromatic N) is 1. The maximum absolute atomic E-state index is 12.9. The highest BCUT2D eigenvalue weighted by molar-refractivity contribution is 6.06. The van der Waals surface area contributed by atoms with E-state index in [1.54, 1.807) is 0 Å². The number of nitrogens with one attached hydrogen (secondary N) is 1. The fourth-order valence-corrected chi connectivity index (χ4v) is 3.76. The normalized spacial score (nSPS) is 12.2. The van der Waals surface area contributed by atoms with Gasteiger partial charge in [0.15, 0.2) is 5.58 Å². The molecule has 1 N–H and O–H groups in total. The first-order valence-electron chi connectivity index (χ1n) is 10.8. The highest BCUT2D eigenvalue weighted by Crippen LogP contribution is 2.30. The lowest BCUT2D eigenvalue weighted by Gasteiger charge is -2.11. The largest absolute Gasteiger partial charge is 0.436 e. The lowest BCUT2D eigenvalue weighted by Crippen LogP contribution is -2.14. The molecule has 158 valence electrons. The fourth-order valence-electron chi connectivity index (χ4n) is 3.76. The number of oxazole rings is 1. The Kier molecular flexibility index (Phi) is 5.64. The second-order valence-corrected chi connectivity index (χ2v) is 8.36. The van der Waals surface area contributed by atoms with Crippen molar-refractivity contribution in [2.45, 2.75) is 47.0 Å². The Morgan fingerprint density at radius 2 is 1.81 bits per heavy atom. The topological polar surface area (TPSA) is 55.1 Å². The number of anilines is 1. The molecule has 0 spiro atoms. The minimum Gasteiger partial charge on any atom is -0.436 e. The van der Waals surface area contributed by atoms with Crippen molar-refractivity contribution in [3.8, 4) is 11.5 Å². The Balaban J connectivity index is 1.65. The molecule has 0 unspecified atom stereocenters. The summed E-state index contributed by atoms with van der Waals surface area (Å²) in [6.45, 7) is 10.4. The predicted octanol–water partition coefficient (Wildman–Crippen LogP) is 7.19. The van der Waals surface area contributed by atoms with Gasteiger partial charge in [-0.2, -0.15) is 0 Å². The number of hydrogen-bond acceptors (Lipinski definition) is 3. The number of rotatable bonds is 5. The van der Waals surface area contributed by atoms with E-state index in [2.05, 4.69) is 31.3 Å². The van der Waals surface area contributed by atoms with Gasteiger partial charge >= 0.3 is 0 Å². The van der Waals surface area contributed by atoms with Gasteiger partial charge in [-0.1, -0.05) is 43.7 Å². The molecular formula is C27H28N2O2. The molecule has 0 aliphatic heterocycles. The third kappa shape index (κ3) is 4.24. The van der Waals surface area contributed by atoms with Gasteiger partial charge in [0.05, 0.1) is 0 Å². The van der Waals surface area contributed by atoms with Crippen LogP contribution in [0, 0.1) is 20.8 Å². The van der Waals surface area contributed by atoms with Gasteiger partial charge in [0.1, 0.15) is 5.52 Å². The molecule has 0 aliphatic carbocycles. The van der Waals surface area contributed by atoms with Crippen LogP contribution in [0.4, 0.5) is 5.69 Å². The van der Waals surface area contributed by atoms with Gasteiger partial charge in [0, 0.05) is 16.8 Å². The average molecular weight is 413 g/mol. The Morgan fingerprint density at radius 3 is 2.55 bits per heavy atom. The average Bonchev–Trinajstić information content (AvgIpc) is 3.18. The Morgan fingerprint density at radius 1 is 1.00 bits per heavy atom. The SMILES string of the molecule is CC[C@H](C)c1ccc2oc(-c3ccc(C)c(NC(=O)c4ccc(C)cc4C)c3)nc2c1. The molecule has 1 heterocycles. The molecule has 31 heavy (non-hydrogen) atoms. The smallest absolute Gasteiger partial charge is 0.255 e. The molecular weight excluding hydrogens is 384 g/mol. The van der Waals surface area contributed by atoms with Crippen molar-refractivity contribution >= 4 is 22.7 Å². The summed E-state index contributed by atoms with van der Waals surface area (Å²) in [7, 11) is 0. The van der Waals surface area contributed by atoms with Crippen molar-refractivity contribution in [1.29, 1.82) is 0 Å². The monoisotopic (exact) mass is 412 g/mol. The molecule has 0 radical (unpaired) electrons. The zero-order valence-corrected chi connectivity index (χ0v) is 18.7. The number of fused-ring (bicyclic) bond motifs is 1. The molecule has 0 saturated carbocycles. The van der Waals surface area contributed by atoms with Crippen molar-refractivity contribution in [3.05, 3.63) is 82.4 Å². The lowest BCUT2D eigenvalue weighted by molar-refractivity contribution is 0.102. The number of aryl methyl sites for hydroxylation is 3. The van der Waals surface area contributed by atoms with Gasteiger partial charge in [-0.05, 0) is 80.1 Å². The van der Waals surface area contributed by atoms with E-state index in [4.69, 9.17) is 9.40 Å². The van der Waals surface area contributed by atoms with Crippen LogP contribution in [0.3, 0.4) is 0 Å². The van der Waals surface area contributed by atoms with E-state index >= 15 is 0 Å². The van der Waals surface area contributed by atoms with Crippen molar-refractivity contribution in [2.24, 2.45) is 0 Å². The minimum atomic E-state index is -0.117. The molecule has 0 fully saturated rings. The van der Waals surface area contributed by atoms with Crippen molar-refractivity contribution < 1.29 is 9.21 Å². The van der Waals surface area contributed by atoms with Gasteiger partial charge in [0.2, 0.25) is 5.89 Å². The second-order valence-electron chi connectivity index (χ2n) is 8.36. The summed E-state index contributed by atoms with van der Waals surface area (Å²) in [5, 5.41) is 3.05. The Bertz CT molecular complexity index is 1270. The number of aromatic nitrogens is 1. The van der Waals surface area contributed by atoms with Gasteiger partial charge in [-0.15, -0.1) is 0 Å². The Labute approximate surface area is 183 Å². The molecule has 1 amide bonds. The maximum Gasteiger partial charge on any atom is 0.255 e. The van der Waals surface area contributed by atoms with Gasteiger partial charge in [0.25, 0.3) is 5.91 Å². The van der Waals surface area contributed by atoms with Crippen LogP contribution in [0.1, 0.15) is 58.8 Å². The molecule has 0 aliphatic rings. The van der Waals surface area contributed by atoms with Crippen LogP contribution in [0.25, 0.3) is 22.6 Å². The van der Waals surface area contributed by atoms with Crippen molar-refractivity contribution in [3.63, 3.8) is 0 Å². The second kappa shape index (κ2) is 8.38. The summed E-state index contributed by atoms with van der Waals surface area (Å²) < 4.78 is 6.02. The summed E-state index contributed by atoms with van der Waals surface area (Å²) in [6, 6.07) is 17.9. The first-order chi connectivity index (χ1) is 14.9. The fraction of sp³-hybridized carbons (Fsp3) is 0.259. The molecule has 0 bridgehead atoms. The van der Waals surface area contributed by atoms with Crippen LogP contribution >= 0.6 is 0 Å². The van der Waals surface area contributed by atoms with E-state index in [-0.39, 0.29) is 5.91 Å². The van der Waals surface area contributed by atoms with E-state index in [1.807, 2.05) is 63.2 Å². The zero-order valence-electron chi connectivity index (χ0n) is 18.7. The number of hydrogen-bond donors (Lipinski definition) is 1. The summed E-state index contributed by atoms with van der Waals surface area (Å²) in [5.74, 6) is 0.919. The van der Waals surface area contributed by atoms with E-state index in [0.717, 1.165) is 45.5 Å². The summed E-state index contributed by atoms with van der Waals surface area (Å²) in [5.41, 5.74) is 8.24. The molecule has 3 aromatic carbocycles. The number of benzene rings is 3. The quantitative estimate of drug-likeness (QED) is 0.377. The van der Waals surface area contributed by atoms with Crippen LogP contribution in [-0.4, -0.2) is 10.9 Å². The number of amides is 1. The summed E-state index contributed by atoms with van der Waals surface area (Å²) in [6.07, 6.45) is 1.08. The van der Waals surface area contributed by atoms with E-state index in [9.17, 15) is 4.79 Å². The molecule has 4 rings (SSSR count). The molecule has 0 saturated heterocycles. The first-order valence-corrected chi connectivity index (χ1v) is 10.8. The molecule has 4 aromatic rings. The first kappa shape index (κ1) is 20.9. The third-order valence-corrected chi connectivity index (χ3v) is 5.95. The van der Waals surface area contributed by atoms with Crippen LogP contribution in [-0.2, 0) is 0 Å². The molecule has 1 aromatic heterocycles. The van der Waals surface area contributed by atoms with Crippen LogP contribution in [0.5, 0.6) is 0 Å². The van der Waals surface area contributed by atoms with Crippen LogP contribution in [0.2, 0.25) is 0 Å². The summed E-state index contributed by atoms with van der Waals surface area (Å²) >= 11 is 0.